The van der Waals surface area contributed by atoms with Gasteiger partial charge in [0.2, 0.25) is 0 Å². The van der Waals surface area contributed by atoms with E-state index in [2.05, 4.69) is 31.2 Å². The lowest BCUT2D eigenvalue weighted by molar-refractivity contribution is -0.0715. The molecule has 0 aromatic heterocycles. The maximum Gasteiger partial charge on any atom is 0.0865 e. The summed E-state index contributed by atoms with van der Waals surface area (Å²) in [5.74, 6) is 0.531. The molecule has 2 heteroatoms. The van der Waals surface area contributed by atoms with Gasteiger partial charge >= 0.3 is 0 Å². The average Bonchev–Trinajstić information content (AvgIpc) is 2.54. The maximum absolute atomic E-state index is 10.6. The predicted octanol–water partition coefficient (Wildman–Crippen LogP) is 4.14. The summed E-state index contributed by atoms with van der Waals surface area (Å²) in [4.78, 5) is 0. The van der Waals surface area contributed by atoms with E-state index in [0.717, 1.165) is 6.42 Å². The molecule has 118 valence electrons. The van der Waals surface area contributed by atoms with Gasteiger partial charge in [-0.1, -0.05) is 50.5 Å². The van der Waals surface area contributed by atoms with Crippen LogP contribution < -0.4 is 0 Å². The quantitative estimate of drug-likeness (QED) is 0.818. The first-order chi connectivity index (χ1) is 10.2. The number of hydrogen-bond donors (Lipinski definition) is 1. The van der Waals surface area contributed by atoms with Gasteiger partial charge in [-0.05, 0) is 43.2 Å². The highest BCUT2D eigenvalue weighted by Gasteiger charge is 2.30. The molecule has 0 radical (unpaired) electrons. The van der Waals surface area contributed by atoms with E-state index in [1.807, 2.05) is 6.92 Å². The number of rotatable bonds is 7. The molecule has 0 saturated heterocycles. The fraction of sp³-hybridized carbons (Fsp3) is 0.684. The highest BCUT2D eigenvalue weighted by Crippen LogP contribution is 2.30. The normalized spacial score (nSPS) is 19.4. The number of benzene rings is 1. The molecule has 0 bridgehead atoms. The molecule has 2 nitrogen and oxygen atoms in total. The summed E-state index contributed by atoms with van der Waals surface area (Å²) >= 11 is 0. The second-order valence-corrected chi connectivity index (χ2v) is 6.26. The van der Waals surface area contributed by atoms with E-state index in [1.165, 1.54) is 43.2 Å². The van der Waals surface area contributed by atoms with Crippen LogP contribution in [0.2, 0.25) is 0 Å². The molecule has 2 atom stereocenters. The van der Waals surface area contributed by atoms with Crippen LogP contribution in [0.15, 0.2) is 24.3 Å². The second kappa shape index (κ2) is 8.55. The zero-order chi connectivity index (χ0) is 15.1. The van der Waals surface area contributed by atoms with Crippen molar-refractivity contribution in [2.75, 3.05) is 6.61 Å². The van der Waals surface area contributed by atoms with Crippen LogP contribution in [0.3, 0.4) is 0 Å². The summed E-state index contributed by atoms with van der Waals surface area (Å²) in [6.45, 7) is 4.88. The van der Waals surface area contributed by atoms with Crippen molar-refractivity contribution < 1.29 is 9.84 Å². The summed E-state index contributed by atoms with van der Waals surface area (Å²) in [6, 6.07) is 8.62. The largest absolute Gasteiger partial charge is 0.390 e. The number of aryl methyl sites for hydroxylation is 1. The van der Waals surface area contributed by atoms with Crippen molar-refractivity contribution >= 4 is 0 Å². The Morgan fingerprint density at radius 3 is 2.24 bits per heavy atom. The van der Waals surface area contributed by atoms with E-state index in [9.17, 15) is 5.11 Å². The van der Waals surface area contributed by atoms with Crippen molar-refractivity contribution in [3.05, 3.63) is 35.4 Å². The number of aliphatic hydroxyl groups is 1. The second-order valence-electron chi connectivity index (χ2n) is 6.26. The third-order valence-corrected chi connectivity index (χ3v) is 4.73. The molecule has 1 aromatic carbocycles. The van der Waals surface area contributed by atoms with E-state index in [1.54, 1.807) is 0 Å². The molecule has 0 amide bonds. The van der Waals surface area contributed by atoms with Gasteiger partial charge in [0.05, 0.1) is 12.2 Å². The van der Waals surface area contributed by atoms with Gasteiger partial charge in [-0.3, -0.25) is 0 Å². The minimum absolute atomic E-state index is 0.00107. The first-order valence-corrected chi connectivity index (χ1v) is 8.62. The number of ether oxygens (including phenoxy) is 1. The number of hydrogen-bond acceptors (Lipinski definition) is 2. The molecular formula is C19H30O2. The van der Waals surface area contributed by atoms with Crippen LogP contribution in [-0.4, -0.2) is 23.9 Å². The molecule has 1 aliphatic rings. The van der Waals surface area contributed by atoms with Gasteiger partial charge in [0.1, 0.15) is 0 Å². The van der Waals surface area contributed by atoms with Gasteiger partial charge in [0.15, 0.2) is 0 Å². The third kappa shape index (κ3) is 4.82. The lowest BCUT2D eigenvalue weighted by atomic mass is 9.82. The highest BCUT2D eigenvalue weighted by atomic mass is 16.5. The Morgan fingerprint density at radius 2 is 1.67 bits per heavy atom. The molecule has 0 spiro atoms. The average molecular weight is 290 g/mol. The maximum atomic E-state index is 10.6. The molecule has 1 saturated carbocycles. The van der Waals surface area contributed by atoms with Gasteiger partial charge in [-0.25, -0.2) is 0 Å². The first-order valence-electron chi connectivity index (χ1n) is 8.62. The molecule has 1 N–H and O–H groups in total. The van der Waals surface area contributed by atoms with Crippen molar-refractivity contribution in [2.45, 2.75) is 71.0 Å². The Morgan fingerprint density at radius 1 is 1.05 bits per heavy atom. The Hall–Kier alpha value is -0.860. The topological polar surface area (TPSA) is 29.5 Å². The fourth-order valence-corrected chi connectivity index (χ4v) is 3.49. The van der Waals surface area contributed by atoms with Gasteiger partial charge in [-0.2, -0.15) is 0 Å². The SMILES string of the molecule is CCOC(C(O)Cc1ccc(CC)cc1)C1CCCCC1. The zero-order valence-electron chi connectivity index (χ0n) is 13.6. The molecule has 1 aliphatic carbocycles. The summed E-state index contributed by atoms with van der Waals surface area (Å²) in [5, 5.41) is 10.6. The van der Waals surface area contributed by atoms with Crippen LogP contribution >= 0.6 is 0 Å². The molecule has 1 fully saturated rings. The van der Waals surface area contributed by atoms with Crippen LogP contribution in [0, 0.1) is 5.92 Å². The fourth-order valence-electron chi connectivity index (χ4n) is 3.49. The van der Waals surface area contributed by atoms with Crippen molar-refractivity contribution in [2.24, 2.45) is 5.92 Å². The van der Waals surface area contributed by atoms with Crippen LogP contribution in [0.5, 0.6) is 0 Å². The molecule has 21 heavy (non-hydrogen) atoms. The summed E-state index contributed by atoms with van der Waals surface area (Å²) in [6.07, 6.45) is 7.69. The zero-order valence-corrected chi connectivity index (χ0v) is 13.6. The van der Waals surface area contributed by atoms with Gasteiger partial charge in [0.25, 0.3) is 0 Å². The lowest BCUT2D eigenvalue weighted by Crippen LogP contribution is -2.38. The summed E-state index contributed by atoms with van der Waals surface area (Å²) in [7, 11) is 0. The molecule has 0 aliphatic heterocycles. The van der Waals surface area contributed by atoms with E-state index < -0.39 is 0 Å². The Labute approximate surface area is 129 Å². The minimum Gasteiger partial charge on any atom is -0.390 e. The predicted molar refractivity (Wildman–Crippen MR) is 87.5 cm³/mol. The van der Waals surface area contributed by atoms with Crippen molar-refractivity contribution in [3.8, 4) is 0 Å². The Balaban J connectivity index is 1.97. The standard InChI is InChI=1S/C19H30O2/c1-3-15-10-12-16(13-11-15)14-18(20)19(21-4-2)17-8-6-5-7-9-17/h10-13,17-20H,3-9,14H2,1-2H3. The van der Waals surface area contributed by atoms with Gasteiger partial charge in [-0.15, -0.1) is 0 Å². The van der Waals surface area contributed by atoms with E-state index in [-0.39, 0.29) is 12.2 Å². The van der Waals surface area contributed by atoms with Crippen LogP contribution in [0.25, 0.3) is 0 Å². The monoisotopic (exact) mass is 290 g/mol. The van der Waals surface area contributed by atoms with Crippen LogP contribution in [0.4, 0.5) is 0 Å². The van der Waals surface area contributed by atoms with E-state index >= 15 is 0 Å². The Bertz CT molecular complexity index is 393. The molecule has 2 unspecified atom stereocenters. The lowest BCUT2D eigenvalue weighted by Gasteiger charge is -2.33. The Kier molecular flexibility index (Phi) is 6.72. The summed E-state index contributed by atoms with van der Waals surface area (Å²) < 4.78 is 5.91. The van der Waals surface area contributed by atoms with Crippen LogP contribution in [0.1, 0.15) is 57.1 Å². The summed E-state index contributed by atoms with van der Waals surface area (Å²) in [5.41, 5.74) is 2.56. The molecule has 2 rings (SSSR count). The van der Waals surface area contributed by atoms with Crippen LogP contribution in [-0.2, 0) is 17.6 Å². The van der Waals surface area contributed by atoms with Crippen molar-refractivity contribution in [1.29, 1.82) is 0 Å². The smallest absolute Gasteiger partial charge is 0.0865 e. The third-order valence-electron chi connectivity index (χ3n) is 4.73. The molecular weight excluding hydrogens is 260 g/mol. The van der Waals surface area contributed by atoms with Gasteiger partial charge < -0.3 is 9.84 Å². The van der Waals surface area contributed by atoms with Gasteiger partial charge in [0, 0.05) is 13.0 Å². The van der Waals surface area contributed by atoms with E-state index in [4.69, 9.17) is 4.74 Å². The van der Waals surface area contributed by atoms with E-state index in [0.29, 0.717) is 18.9 Å². The van der Waals surface area contributed by atoms with Crippen molar-refractivity contribution in [1.82, 2.24) is 0 Å². The molecule has 1 aromatic rings. The minimum atomic E-state index is -0.388. The first kappa shape index (κ1) is 16.5. The molecule has 0 heterocycles. The highest BCUT2D eigenvalue weighted by molar-refractivity contribution is 5.23. The number of aliphatic hydroxyl groups excluding tert-OH is 1. The van der Waals surface area contributed by atoms with Crippen molar-refractivity contribution in [3.63, 3.8) is 0 Å².